The number of nitrogens with one attached hydrogen (secondary N) is 1. The summed E-state index contributed by atoms with van der Waals surface area (Å²) in [6.07, 6.45) is 2.56. The Morgan fingerprint density at radius 3 is 2.57 bits per heavy atom. The molecule has 1 atom stereocenters. The second kappa shape index (κ2) is 8.98. The van der Waals surface area contributed by atoms with Gasteiger partial charge in [-0.2, -0.15) is 5.10 Å². The molecule has 0 fully saturated rings. The SMILES string of the molecule is O=C(Cc1cn(-c2ccccc2)nc1-c1ccc(Cl)cc1)NCC(O)c1ccco1. The van der Waals surface area contributed by atoms with E-state index in [1.807, 2.05) is 48.7 Å². The molecule has 0 radical (unpaired) electrons. The number of carbonyl (C=O) groups excluding carboxylic acids is 1. The number of amides is 1. The van der Waals surface area contributed by atoms with E-state index in [1.165, 1.54) is 6.26 Å². The van der Waals surface area contributed by atoms with Gasteiger partial charge in [0.1, 0.15) is 11.9 Å². The van der Waals surface area contributed by atoms with Gasteiger partial charge >= 0.3 is 0 Å². The van der Waals surface area contributed by atoms with Crippen LogP contribution in [0.4, 0.5) is 0 Å². The number of hydrogen-bond acceptors (Lipinski definition) is 4. The van der Waals surface area contributed by atoms with Crippen LogP contribution < -0.4 is 5.32 Å². The molecule has 0 spiro atoms. The fourth-order valence-corrected chi connectivity index (χ4v) is 3.26. The van der Waals surface area contributed by atoms with E-state index in [0.29, 0.717) is 16.5 Å². The van der Waals surface area contributed by atoms with Crippen LogP contribution in [0.25, 0.3) is 16.9 Å². The molecule has 30 heavy (non-hydrogen) atoms. The fraction of sp³-hybridized carbons (Fsp3) is 0.130. The Hall–Kier alpha value is -3.35. The third kappa shape index (κ3) is 4.62. The van der Waals surface area contributed by atoms with Gasteiger partial charge in [-0.25, -0.2) is 4.68 Å². The average molecular weight is 422 g/mol. The van der Waals surface area contributed by atoms with Gasteiger partial charge in [0, 0.05) is 22.3 Å². The lowest BCUT2D eigenvalue weighted by Gasteiger charge is -2.09. The summed E-state index contributed by atoms with van der Waals surface area (Å²) in [6, 6.07) is 20.4. The summed E-state index contributed by atoms with van der Waals surface area (Å²) in [5.74, 6) is 0.192. The fourth-order valence-electron chi connectivity index (χ4n) is 3.13. The van der Waals surface area contributed by atoms with E-state index in [0.717, 1.165) is 16.8 Å². The number of aromatic nitrogens is 2. The third-order valence-electron chi connectivity index (χ3n) is 4.64. The molecule has 4 aromatic rings. The first-order valence-electron chi connectivity index (χ1n) is 9.48. The van der Waals surface area contributed by atoms with Crippen molar-refractivity contribution in [3.8, 4) is 16.9 Å². The Kier molecular flexibility index (Phi) is 5.97. The molecule has 2 heterocycles. The maximum atomic E-state index is 12.6. The van der Waals surface area contributed by atoms with Gasteiger partial charge in [0.25, 0.3) is 0 Å². The normalized spacial score (nSPS) is 11.9. The minimum Gasteiger partial charge on any atom is -0.467 e. The first kappa shape index (κ1) is 19.9. The van der Waals surface area contributed by atoms with E-state index in [4.69, 9.17) is 21.1 Å². The summed E-state index contributed by atoms with van der Waals surface area (Å²) in [7, 11) is 0. The number of nitrogens with zero attached hydrogens (tertiary/aromatic N) is 2. The minimum atomic E-state index is -0.897. The molecule has 7 heteroatoms. The number of benzene rings is 2. The van der Waals surface area contributed by atoms with Crippen molar-refractivity contribution in [2.75, 3.05) is 6.54 Å². The van der Waals surface area contributed by atoms with Gasteiger partial charge in [-0.3, -0.25) is 4.79 Å². The van der Waals surface area contributed by atoms with Crippen LogP contribution >= 0.6 is 11.6 Å². The Balaban J connectivity index is 1.55. The van der Waals surface area contributed by atoms with Crippen molar-refractivity contribution in [2.24, 2.45) is 0 Å². The number of aliphatic hydroxyl groups excluding tert-OH is 1. The Labute approximate surface area is 178 Å². The highest BCUT2D eigenvalue weighted by Crippen LogP contribution is 2.25. The lowest BCUT2D eigenvalue weighted by molar-refractivity contribution is -0.120. The number of aliphatic hydroxyl groups is 1. The molecule has 0 bridgehead atoms. The number of para-hydroxylation sites is 1. The molecule has 0 aliphatic carbocycles. The molecule has 0 saturated heterocycles. The molecule has 0 aliphatic rings. The zero-order valence-corrected chi connectivity index (χ0v) is 16.8. The van der Waals surface area contributed by atoms with Gasteiger partial charge < -0.3 is 14.8 Å². The topological polar surface area (TPSA) is 80.3 Å². The van der Waals surface area contributed by atoms with Crippen molar-refractivity contribution in [3.63, 3.8) is 0 Å². The largest absolute Gasteiger partial charge is 0.467 e. The van der Waals surface area contributed by atoms with Crippen molar-refractivity contribution in [2.45, 2.75) is 12.5 Å². The number of rotatable bonds is 7. The van der Waals surface area contributed by atoms with Crippen LogP contribution in [0.3, 0.4) is 0 Å². The van der Waals surface area contributed by atoms with Crippen molar-refractivity contribution < 1.29 is 14.3 Å². The summed E-state index contributed by atoms with van der Waals surface area (Å²) in [5, 5.41) is 18.2. The molecule has 1 amide bonds. The average Bonchev–Trinajstić information content (AvgIpc) is 3.44. The van der Waals surface area contributed by atoms with Gasteiger partial charge in [-0.15, -0.1) is 0 Å². The van der Waals surface area contributed by atoms with E-state index in [1.54, 1.807) is 28.9 Å². The van der Waals surface area contributed by atoms with E-state index in [2.05, 4.69) is 5.32 Å². The van der Waals surface area contributed by atoms with E-state index in [-0.39, 0.29) is 18.9 Å². The maximum Gasteiger partial charge on any atom is 0.224 e. The highest BCUT2D eigenvalue weighted by molar-refractivity contribution is 6.30. The van der Waals surface area contributed by atoms with Crippen LogP contribution in [0.2, 0.25) is 5.02 Å². The molecule has 4 rings (SSSR count). The molecule has 2 N–H and O–H groups in total. The van der Waals surface area contributed by atoms with Crippen molar-refractivity contribution >= 4 is 17.5 Å². The van der Waals surface area contributed by atoms with Gasteiger partial charge in [0.05, 0.1) is 30.6 Å². The zero-order valence-electron chi connectivity index (χ0n) is 16.0. The monoisotopic (exact) mass is 421 g/mol. The summed E-state index contributed by atoms with van der Waals surface area (Å²) in [6.45, 7) is 0.0649. The molecular weight excluding hydrogens is 402 g/mol. The molecule has 1 unspecified atom stereocenters. The first-order chi connectivity index (χ1) is 14.6. The lowest BCUT2D eigenvalue weighted by Crippen LogP contribution is -2.29. The maximum absolute atomic E-state index is 12.6. The molecule has 2 aromatic heterocycles. The Morgan fingerprint density at radius 1 is 1.10 bits per heavy atom. The molecule has 2 aromatic carbocycles. The number of halogens is 1. The van der Waals surface area contributed by atoms with Crippen LogP contribution in [0, 0.1) is 0 Å². The molecule has 152 valence electrons. The first-order valence-corrected chi connectivity index (χ1v) is 9.86. The highest BCUT2D eigenvalue weighted by atomic mass is 35.5. The quantitative estimate of drug-likeness (QED) is 0.469. The van der Waals surface area contributed by atoms with Crippen LogP contribution in [0.5, 0.6) is 0 Å². The molecular formula is C23H20ClN3O3. The second-order valence-electron chi connectivity index (χ2n) is 6.80. The number of carbonyl (C=O) groups is 1. The van der Waals surface area contributed by atoms with E-state index < -0.39 is 6.10 Å². The predicted molar refractivity (Wildman–Crippen MR) is 114 cm³/mol. The van der Waals surface area contributed by atoms with Crippen LogP contribution in [0.15, 0.2) is 83.6 Å². The second-order valence-corrected chi connectivity index (χ2v) is 7.24. The molecule has 0 aliphatic heterocycles. The zero-order chi connectivity index (χ0) is 20.9. The van der Waals surface area contributed by atoms with Crippen molar-refractivity contribution in [1.29, 1.82) is 0 Å². The predicted octanol–water partition coefficient (Wildman–Crippen LogP) is 4.18. The summed E-state index contributed by atoms with van der Waals surface area (Å²) in [5.41, 5.74) is 3.24. The summed E-state index contributed by atoms with van der Waals surface area (Å²) >= 11 is 6.02. The third-order valence-corrected chi connectivity index (χ3v) is 4.90. The van der Waals surface area contributed by atoms with Crippen LogP contribution in [0.1, 0.15) is 17.4 Å². The van der Waals surface area contributed by atoms with E-state index in [9.17, 15) is 9.90 Å². The van der Waals surface area contributed by atoms with Gasteiger partial charge in [-0.1, -0.05) is 41.9 Å². The van der Waals surface area contributed by atoms with Crippen LogP contribution in [-0.2, 0) is 11.2 Å². The molecule has 0 saturated carbocycles. The summed E-state index contributed by atoms with van der Waals surface area (Å²) in [4.78, 5) is 12.6. The number of furan rings is 1. The van der Waals surface area contributed by atoms with Crippen molar-refractivity contribution in [1.82, 2.24) is 15.1 Å². The van der Waals surface area contributed by atoms with Gasteiger partial charge in [0.15, 0.2) is 0 Å². The minimum absolute atomic E-state index is 0.0649. The Morgan fingerprint density at radius 2 is 1.87 bits per heavy atom. The number of hydrogen-bond donors (Lipinski definition) is 2. The smallest absolute Gasteiger partial charge is 0.224 e. The summed E-state index contributed by atoms with van der Waals surface area (Å²) < 4.78 is 6.91. The van der Waals surface area contributed by atoms with Crippen molar-refractivity contribution in [3.05, 3.63) is 95.5 Å². The van der Waals surface area contributed by atoms with Crippen LogP contribution in [-0.4, -0.2) is 27.3 Å². The standard InChI is InChI=1S/C23H20ClN3O3/c24-18-10-8-16(9-11-18)23-17(15-27(26-23)19-5-2-1-3-6-19)13-22(29)25-14-20(28)21-7-4-12-30-21/h1-12,15,20,28H,13-14H2,(H,25,29). The lowest BCUT2D eigenvalue weighted by atomic mass is 10.1. The van der Waals surface area contributed by atoms with Gasteiger partial charge in [0.2, 0.25) is 5.91 Å². The molecule has 6 nitrogen and oxygen atoms in total. The van der Waals surface area contributed by atoms with Gasteiger partial charge in [-0.05, 0) is 36.4 Å². The Bertz CT molecular complexity index is 1110. The highest BCUT2D eigenvalue weighted by Gasteiger charge is 2.17. The van der Waals surface area contributed by atoms with E-state index >= 15 is 0 Å².